The maximum atomic E-state index is 10.9. The van der Waals surface area contributed by atoms with E-state index in [0.29, 0.717) is 6.42 Å². The van der Waals surface area contributed by atoms with Crippen LogP contribution in [0.25, 0.3) is 0 Å². The molecule has 4 N–H and O–H groups in total. The number of hydrogen-bond donors (Lipinski definition) is 4. The van der Waals surface area contributed by atoms with E-state index in [2.05, 4.69) is 0 Å². The quantitative estimate of drug-likeness (QED) is 0.569. The Morgan fingerprint density at radius 2 is 1.91 bits per heavy atom. The normalized spacial score (nSPS) is 29.0. The highest BCUT2D eigenvalue weighted by Gasteiger charge is 2.41. The van der Waals surface area contributed by atoms with Crippen LogP contribution in [0.4, 0.5) is 0 Å². The number of aliphatic hydroxyl groups is 3. The van der Waals surface area contributed by atoms with Gasteiger partial charge in [-0.05, 0) is 18.4 Å². The van der Waals surface area contributed by atoms with E-state index < -0.39 is 36.1 Å². The molecule has 0 bridgehead atoms. The second kappa shape index (κ2) is 8.24. The Morgan fingerprint density at radius 3 is 2.57 bits per heavy atom. The summed E-state index contributed by atoms with van der Waals surface area (Å²) in [6, 6.07) is 9.83. The van der Waals surface area contributed by atoms with Crippen molar-refractivity contribution >= 4 is 5.97 Å². The zero-order valence-electron chi connectivity index (χ0n) is 13.0. The summed E-state index contributed by atoms with van der Waals surface area (Å²) in [6.07, 6.45) is 2.28. The summed E-state index contributed by atoms with van der Waals surface area (Å²) in [5.74, 6) is -1.95. The van der Waals surface area contributed by atoms with Gasteiger partial charge in [-0.3, -0.25) is 4.79 Å². The van der Waals surface area contributed by atoms with Gasteiger partial charge in [0.2, 0.25) is 0 Å². The predicted molar refractivity (Wildman–Crippen MR) is 85.8 cm³/mol. The molecule has 23 heavy (non-hydrogen) atoms. The maximum Gasteiger partial charge on any atom is 0.303 e. The Bertz CT molecular complexity index is 527. The molecule has 0 amide bonds. The van der Waals surface area contributed by atoms with Crippen LogP contribution in [0.1, 0.15) is 24.8 Å². The molecule has 5 nitrogen and oxygen atoms in total. The summed E-state index contributed by atoms with van der Waals surface area (Å²) in [4.78, 5) is 10.9. The number of benzene rings is 1. The zero-order valence-corrected chi connectivity index (χ0v) is 13.0. The van der Waals surface area contributed by atoms with Crippen molar-refractivity contribution in [2.24, 2.45) is 11.8 Å². The van der Waals surface area contributed by atoms with E-state index in [0.717, 1.165) is 12.0 Å². The molecule has 126 valence electrons. The molecule has 5 unspecified atom stereocenters. The Kier molecular flexibility index (Phi) is 6.33. The van der Waals surface area contributed by atoms with Crippen molar-refractivity contribution in [1.29, 1.82) is 0 Å². The zero-order chi connectivity index (χ0) is 16.8. The van der Waals surface area contributed by atoms with E-state index in [1.54, 1.807) is 12.2 Å². The van der Waals surface area contributed by atoms with Gasteiger partial charge in [-0.1, -0.05) is 42.5 Å². The van der Waals surface area contributed by atoms with Crippen LogP contribution in [0.3, 0.4) is 0 Å². The van der Waals surface area contributed by atoms with Crippen LogP contribution in [-0.4, -0.2) is 44.7 Å². The Balaban J connectivity index is 1.90. The summed E-state index contributed by atoms with van der Waals surface area (Å²) < 4.78 is 0. The van der Waals surface area contributed by atoms with Crippen LogP contribution in [0, 0.1) is 11.8 Å². The molecule has 0 heterocycles. The van der Waals surface area contributed by atoms with E-state index >= 15 is 0 Å². The van der Waals surface area contributed by atoms with Crippen molar-refractivity contribution in [2.45, 2.75) is 44.0 Å². The first kappa shape index (κ1) is 17.7. The number of carbonyl (C=O) groups is 1. The maximum absolute atomic E-state index is 10.9. The lowest BCUT2D eigenvalue weighted by Gasteiger charge is -2.19. The average Bonchev–Trinajstić information content (AvgIpc) is 2.77. The highest BCUT2D eigenvalue weighted by Crippen LogP contribution is 2.36. The molecule has 0 aliphatic heterocycles. The molecule has 1 fully saturated rings. The minimum absolute atomic E-state index is 0.174. The number of aliphatic carboxylic acids is 1. The lowest BCUT2D eigenvalue weighted by molar-refractivity contribution is -0.139. The summed E-state index contributed by atoms with van der Waals surface area (Å²) in [7, 11) is 0. The van der Waals surface area contributed by atoms with Gasteiger partial charge in [0, 0.05) is 18.3 Å². The molecule has 0 spiro atoms. The molecule has 1 aromatic rings. The molecule has 0 radical (unpaired) electrons. The number of carboxylic acid groups (broad SMARTS) is 1. The molecule has 2 rings (SSSR count). The van der Waals surface area contributed by atoms with Gasteiger partial charge in [0.25, 0.3) is 0 Å². The van der Waals surface area contributed by atoms with E-state index in [4.69, 9.17) is 5.11 Å². The molecular weight excluding hydrogens is 296 g/mol. The SMILES string of the molecule is O=C(O)CC1C(O)CC(O)C1C=CC(O)CCc1ccccc1. The minimum Gasteiger partial charge on any atom is -0.481 e. The van der Waals surface area contributed by atoms with Gasteiger partial charge in [0.1, 0.15) is 0 Å². The molecule has 5 atom stereocenters. The highest BCUT2D eigenvalue weighted by molar-refractivity contribution is 5.67. The summed E-state index contributed by atoms with van der Waals surface area (Å²) >= 11 is 0. The van der Waals surface area contributed by atoms with Crippen molar-refractivity contribution in [3.63, 3.8) is 0 Å². The molecule has 5 heteroatoms. The fraction of sp³-hybridized carbons (Fsp3) is 0.500. The van der Waals surface area contributed by atoms with Gasteiger partial charge < -0.3 is 20.4 Å². The first-order valence-corrected chi connectivity index (χ1v) is 7.95. The molecular formula is C18H24O5. The van der Waals surface area contributed by atoms with Crippen LogP contribution in [0.2, 0.25) is 0 Å². The number of rotatable bonds is 7. The Labute approximate surface area is 135 Å². The van der Waals surface area contributed by atoms with Gasteiger partial charge in [0.05, 0.1) is 24.7 Å². The van der Waals surface area contributed by atoms with Gasteiger partial charge in [0.15, 0.2) is 0 Å². The molecule has 0 saturated heterocycles. The van der Waals surface area contributed by atoms with Crippen LogP contribution in [-0.2, 0) is 11.2 Å². The summed E-state index contributed by atoms with van der Waals surface area (Å²) in [5, 5.41) is 38.8. The number of hydrogen-bond acceptors (Lipinski definition) is 4. The summed E-state index contributed by atoms with van der Waals surface area (Å²) in [6.45, 7) is 0. The monoisotopic (exact) mass is 320 g/mol. The predicted octanol–water partition coefficient (Wildman–Crippen LogP) is 1.37. The second-order valence-electron chi connectivity index (χ2n) is 6.19. The Morgan fingerprint density at radius 1 is 1.22 bits per heavy atom. The van der Waals surface area contributed by atoms with E-state index in [1.165, 1.54) is 0 Å². The third kappa shape index (κ3) is 5.16. The topological polar surface area (TPSA) is 98.0 Å². The molecule has 1 aliphatic rings. The Hall–Kier alpha value is -1.69. The van der Waals surface area contributed by atoms with Crippen LogP contribution in [0.15, 0.2) is 42.5 Å². The van der Waals surface area contributed by atoms with Crippen molar-refractivity contribution in [1.82, 2.24) is 0 Å². The smallest absolute Gasteiger partial charge is 0.303 e. The van der Waals surface area contributed by atoms with E-state index in [9.17, 15) is 20.1 Å². The van der Waals surface area contributed by atoms with Crippen LogP contribution in [0.5, 0.6) is 0 Å². The fourth-order valence-corrected chi connectivity index (χ4v) is 3.18. The van der Waals surface area contributed by atoms with Crippen molar-refractivity contribution in [2.75, 3.05) is 0 Å². The first-order chi connectivity index (χ1) is 11.0. The number of aliphatic hydroxyl groups excluding tert-OH is 3. The van der Waals surface area contributed by atoms with E-state index in [1.807, 2.05) is 30.3 Å². The molecule has 1 aromatic carbocycles. The van der Waals surface area contributed by atoms with Gasteiger partial charge in [-0.25, -0.2) is 0 Å². The standard InChI is InChI=1S/C18H24O5/c19-13(7-6-12-4-2-1-3-5-12)8-9-14-15(10-18(22)23)17(21)11-16(14)20/h1-5,8-9,13-17,19-21H,6-7,10-11H2,(H,22,23). The fourth-order valence-electron chi connectivity index (χ4n) is 3.18. The molecule has 0 aromatic heterocycles. The number of aryl methyl sites for hydroxylation is 1. The van der Waals surface area contributed by atoms with Gasteiger partial charge >= 0.3 is 5.97 Å². The third-order valence-electron chi connectivity index (χ3n) is 4.45. The second-order valence-corrected chi connectivity index (χ2v) is 6.19. The molecule has 1 aliphatic carbocycles. The van der Waals surface area contributed by atoms with Gasteiger partial charge in [-0.2, -0.15) is 0 Å². The minimum atomic E-state index is -0.994. The summed E-state index contributed by atoms with van der Waals surface area (Å²) in [5.41, 5.74) is 1.14. The lowest BCUT2D eigenvalue weighted by atomic mass is 9.90. The van der Waals surface area contributed by atoms with Crippen molar-refractivity contribution < 1.29 is 25.2 Å². The van der Waals surface area contributed by atoms with Crippen LogP contribution >= 0.6 is 0 Å². The van der Waals surface area contributed by atoms with Gasteiger partial charge in [-0.15, -0.1) is 0 Å². The van der Waals surface area contributed by atoms with Crippen molar-refractivity contribution in [3.8, 4) is 0 Å². The van der Waals surface area contributed by atoms with Crippen molar-refractivity contribution in [3.05, 3.63) is 48.0 Å². The largest absolute Gasteiger partial charge is 0.481 e. The lowest BCUT2D eigenvalue weighted by Crippen LogP contribution is -2.23. The average molecular weight is 320 g/mol. The highest BCUT2D eigenvalue weighted by atomic mass is 16.4. The molecule has 1 saturated carbocycles. The van der Waals surface area contributed by atoms with Crippen LogP contribution < -0.4 is 0 Å². The third-order valence-corrected chi connectivity index (χ3v) is 4.45. The van der Waals surface area contributed by atoms with E-state index in [-0.39, 0.29) is 12.8 Å². The number of carboxylic acids is 1. The first-order valence-electron chi connectivity index (χ1n) is 7.95.